The molecule has 0 fully saturated rings. The summed E-state index contributed by atoms with van der Waals surface area (Å²) in [6.45, 7) is 4.40. The summed E-state index contributed by atoms with van der Waals surface area (Å²) in [5, 5.41) is 5.75. The quantitative estimate of drug-likeness (QED) is 0.731. The van der Waals surface area contributed by atoms with Gasteiger partial charge in [-0.3, -0.25) is 9.59 Å². The van der Waals surface area contributed by atoms with Gasteiger partial charge in [0.05, 0.1) is 0 Å². The minimum atomic E-state index is -0.172. The number of carbonyl (C=O) groups is 2. The van der Waals surface area contributed by atoms with Gasteiger partial charge in [0, 0.05) is 18.7 Å². The fourth-order valence-corrected chi connectivity index (χ4v) is 3.38. The molecule has 0 saturated carbocycles. The second kappa shape index (κ2) is 9.40. The minimum absolute atomic E-state index is 0.000989. The van der Waals surface area contributed by atoms with Crippen LogP contribution in [0.4, 0.5) is 5.69 Å². The molecule has 0 aromatic heterocycles. The van der Waals surface area contributed by atoms with Gasteiger partial charge in [-0.2, -0.15) is 0 Å². The molecule has 3 rings (SSSR count). The summed E-state index contributed by atoms with van der Waals surface area (Å²) in [7, 11) is 0. The van der Waals surface area contributed by atoms with E-state index >= 15 is 0 Å². The predicted octanol–water partition coefficient (Wildman–Crippen LogP) is 3.86. The number of rotatable bonds is 8. The van der Waals surface area contributed by atoms with Crippen LogP contribution in [0.15, 0.2) is 42.5 Å². The van der Waals surface area contributed by atoms with Gasteiger partial charge in [-0.15, -0.1) is 0 Å². The standard InChI is InChI=1S/C23H28N2O3/c1-16(2)11-22(26)25-20-8-3-5-17(12-20)14-24-23(27)15-28-21-10-9-18-6-4-7-19(18)13-21/h3,5,8-10,12-13,16H,4,6-7,11,14-15H2,1-2H3,(H,24,27)(H,25,26). The molecule has 2 amide bonds. The highest BCUT2D eigenvalue weighted by Crippen LogP contribution is 2.25. The fraction of sp³-hybridized carbons (Fsp3) is 0.391. The Labute approximate surface area is 166 Å². The first-order valence-corrected chi connectivity index (χ1v) is 9.89. The van der Waals surface area contributed by atoms with E-state index in [4.69, 9.17) is 4.74 Å². The van der Waals surface area contributed by atoms with Crippen LogP contribution in [0.3, 0.4) is 0 Å². The first kappa shape index (κ1) is 19.9. The number of hydrogen-bond donors (Lipinski definition) is 2. The molecule has 0 aliphatic heterocycles. The van der Waals surface area contributed by atoms with Crippen molar-refractivity contribution in [3.8, 4) is 5.75 Å². The predicted molar refractivity (Wildman–Crippen MR) is 110 cm³/mol. The summed E-state index contributed by atoms with van der Waals surface area (Å²) in [4.78, 5) is 24.0. The number of benzene rings is 2. The monoisotopic (exact) mass is 380 g/mol. The van der Waals surface area contributed by atoms with Crippen molar-refractivity contribution in [2.24, 2.45) is 5.92 Å². The van der Waals surface area contributed by atoms with Crippen molar-refractivity contribution < 1.29 is 14.3 Å². The fourth-order valence-electron chi connectivity index (χ4n) is 3.38. The second-order valence-corrected chi connectivity index (χ2v) is 7.70. The van der Waals surface area contributed by atoms with Crippen molar-refractivity contribution >= 4 is 17.5 Å². The molecule has 0 radical (unpaired) electrons. The van der Waals surface area contributed by atoms with Gasteiger partial charge in [-0.25, -0.2) is 0 Å². The van der Waals surface area contributed by atoms with Crippen LogP contribution in [-0.2, 0) is 29.0 Å². The third-order valence-corrected chi connectivity index (χ3v) is 4.73. The van der Waals surface area contributed by atoms with E-state index in [9.17, 15) is 9.59 Å². The van der Waals surface area contributed by atoms with Gasteiger partial charge in [-0.1, -0.05) is 32.0 Å². The average molecular weight is 380 g/mol. The van der Waals surface area contributed by atoms with Crippen LogP contribution in [0.2, 0.25) is 0 Å². The highest BCUT2D eigenvalue weighted by molar-refractivity contribution is 5.90. The largest absolute Gasteiger partial charge is 0.484 e. The van der Waals surface area contributed by atoms with Crippen LogP contribution in [0.25, 0.3) is 0 Å². The number of amides is 2. The van der Waals surface area contributed by atoms with E-state index in [1.165, 1.54) is 17.5 Å². The first-order chi connectivity index (χ1) is 13.5. The van der Waals surface area contributed by atoms with Crippen LogP contribution >= 0.6 is 0 Å². The summed E-state index contributed by atoms with van der Waals surface area (Å²) in [6, 6.07) is 13.6. The Hall–Kier alpha value is -2.82. The summed E-state index contributed by atoms with van der Waals surface area (Å²) in [5.74, 6) is 0.882. The van der Waals surface area contributed by atoms with Crippen LogP contribution in [0, 0.1) is 5.92 Å². The molecule has 5 nitrogen and oxygen atoms in total. The van der Waals surface area contributed by atoms with Crippen molar-refractivity contribution in [3.63, 3.8) is 0 Å². The molecule has 1 aliphatic rings. The van der Waals surface area contributed by atoms with Crippen molar-refractivity contribution in [2.45, 2.75) is 46.1 Å². The molecule has 0 spiro atoms. The highest BCUT2D eigenvalue weighted by Gasteiger charge is 2.12. The molecule has 2 aromatic carbocycles. The van der Waals surface area contributed by atoms with Gasteiger partial charge >= 0.3 is 0 Å². The van der Waals surface area contributed by atoms with Crippen LogP contribution in [0.1, 0.15) is 43.4 Å². The van der Waals surface area contributed by atoms with E-state index in [1.54, 1.807) is 0 Å². The first-order valence-electron chi connectivity index (χ1n) is 9.89. The van der Waals surface area contributed by atoms with E-state index in [0.29, 0.717) is 18.9 Å². The molecule has 2 aromatic rings. The maximum Gasteiger partial charge on any atom is 0.258 e. The van der Waals surface area contributed by atoms with Gasteiger partial charge in [0.1, 0.15) is 5.75 Å². The van der Waals surface area contributed by atoms with Gasteiger partial charge in [-0.05, 0) is 66.1 Å². The van der Waals surface area contributed by atoms with Crippen molar-refractivity contribution in [2.75, 3.05) is 11.9 Å². The lowest BCUT2D eigenvalue weighted by Crippen LogP contribution is -2.28. The SMILES string of the molecule is CC(C)CC(=O)Nc1cccc(CNC(=O)COc2ccc3c(c2)CCC3)c1. The molecule has 0 heterocycles. The van der Waals surface area contributed by atoms with Crippen molar-refractivity contribution in [1.29, 1.82) is 0 Å². The van der Waals surface area contributed by atoms with Gasteiger partial charge in [0.15, 0.2) is 6.61 Å². The molecule has 0 bridgehead atoms. The van der Waals surface area contributed by atoms with Gasteiger partial charge in [0.2, 0.25) is 5.91 Å². The number of aryl methyl sites for hydroxylation is 2. The Morgan fingerprint density at radius 1 is 1.04 bits per heavy atom. The lowest BCUT2D eigenvalue weighted by atomic mass is 10.1. The minimum Gasteiger partial charge on any atom is -0.484 e. The maximum atomic E-state index is 12.1. The third-order valence-electron chi connectivity index (χ3n) is 4.73. The summed E-state index contributed by atoms with van der Waals surface area (Å²) in [6.07, 6.45) is 3.90. The normalized spacial score (nSPS) is 12.5. The number of anilines is 1. The number of nitrogens with one attached hydrogen (secondary N) is 2. The number of fused-ring (bicyclic) bond motifs is 1. The van der Waals surface area contributed by atoms with E-state index in [2.05, 4.69) is 16.7 Å². The molecule has 1 aliphatic carbocycles. The topological polar surface area (TPSA) is 67.4 Å². The van der Waals surface area contributed by atoms with E-state index in [1.807, 2.05) is 50.2 Å². The average Bonchev–Trinajstić information content (AvgIpc) is 3.12. The highest BCUT2D eigenvalue weighted by atomic mass is 16.5. The summed E-state index contributed by atoms with van der Waals surface area (Å²) in [5.41, 5.74) is 4.38. The number of ether oxygens (including phenoxy) is 1. The molecular formula is C23H28N2O3. The lowest BCUT2D eigenvalue weighted by Gasteiger charge is -2.11. The molecule has 148 valence electrons. The molecule has 0 unspecified atom stereocenters. The Morgan fingerprint density at radius 3 is 2.68 bits per heavy atom. The molecule has 0 saturated heterocycles. The smallest absolute Gasteiger partial charge is 0.258 e. The van der Waals surface area contributed by atoms with Gasteiger partial charge in [0.25, 0.3) is 5.91 Å². The Morgan fingerprint density at radius 2 is 1.86 bits per heavy atom. The lowest BCUT2D eigenvalue weighted by molar-refractivity contribution is -0.123. The zero-order chi connectivity index (χ0) is 19.9. The summed E-state index contributed by atoms with van der Waals surface area (Å²) >= 11 is 0. The number of hydrogen-bond acceptors (Lipinski definition) is 3. The molecule has 5 heteroatoms. The second-order valence-electron chi connectivity index (χ2n) is 7.70. The van der Waals surface area contributed by atoms with Crippen LogP contribution < -0.4 is 15.4 Å². The van der Waals surface area contributed by atoms with E-state index < -0.39 is 0 Å². The van der Waals surface area contributed by atoms with Crippen molar-refractivity contribution in [3.05, 3.63) is 59.2 Å². The van der Waals surface area contributed by atoms with Gasteiger partial charge < -0.3 is 15.4 Å². The van der Waals surface area contributed by atoms with Crippen LogP contribution in [0.5, 0.6) is 5.75 Å². The number of carbonyl (C=O) groups excluding carboxylic acids is 2. The molecule has 0 atom stereocenters. The maximum absolute atomic E-state index is 12.1. The molecule has 2 N–H and O–H groups in total. The molecule has 28 heavy (non-hydrogen) atoms. The Balaban J connectivity index is 1.45. The summed E-state index contributed by atoms with van der Waals surface area (Å²) < 4.78 is 5.63. The van der Waals surface area contributed by atoms with E-state index in [0.717, 1.165) is 29.8 Å². The van der Waals surface area contributed by atoms with E-state index in [-0.39, 0.29) is 18.4 Å². The Bertz CT molecular complexity index is 845. The zero-order valence-corrected chi connectivity index (χ0v) is 16.6. The Kier molecular flexibility index (Phi) is 6.69. The van der Waals surface area contributed by atoms with Crippen LogP contribution in [-0.4, -0.2) is 18.4 Å². The third kappa shape index (κ3) is 5.84. The zero-order valence-electron chi connectivity index (χ0n) is 16.6. The molecular weight excluding hydrogens is 352 g/mol. The van der Waals surface area contributed by atoms with Crippen molar-refractivity contribution in [1.82, 2.24) is 5.32 Å².